The van der Waals surface area contributed by atoms with Crippen LogP contribution in [-0.2, 0) is 58.8 Å². The van der Waals surface area contributed by atoms with Crippen molar-refractivity contribution in [3.8, 4) is 0 Å². The minimum Gasteiger partial charge on any atom is -0.479 e. The number of aliphatic hydroxyl groups excluding tert-OH is 6. The highest BCUT2D eigenvalue weighted by Crippen LogP contribution is 2.40. The first-order valence-electron chi connectivity index (χ1n) is 19.2. The van der Waals surface area contributed by atoms with Crippen molar-refractivity contribution in [2.75, 3.05) is 13.2 Å². The number of carboxylic acid groups (broad SMARTS) is 1. The Labute approximate surface area is 336 Å². The highest BCUT2D eigenvalue weighted by molar-refractivity contribution is 5.83. The summed E-state index contributed by atoms with van der Waals surface area (Å²) in [5, 5.41) is 75.8. The van der Waals surface area contributed by atoms with Crippen LogP contribution in [0.1, 0.15) is 66.9 Å². The lowest BCUT2D eigenvalue weighted by Gasteiger charge is -2.49. The van der Waals surface area contributed by atoms with Crippen molar-refractivity contribution in [3.05, 3.63) is 35.9 Å². The van der Waals surface area contributed by atoms with Gasteiger partial charge in [-0.1, -0.05) is 30.3 Å². The van der Waals surface area contributed by atoms with E-state index in [1.165, 1.54) is 0 Å². The Hall–Kier alpha value is -3.34. The summed E-state index contributed by atoms with van der Waals surface area (Å²) in [4.78, 5) is 53.1. The number of esters is 2. The second-order valence-corrected chi connectivity index (χ2v) is 16.9. The first kappa shape index (κ1) is 47.3. The molecule has 3 aliphatic rings. The minimum absolute atomic E-state index is 0.103. The van der Waals surface area contributed by atoms with E-state index in [0.29, 0.717) is 5.56 Å². The number of amides is 1. The molecule has 1 aromatic carbocycles. The van der Waals surface area contributed by atoms with Crippen molar-refractivity contribution < 1.29 is 88.1 Å². The molecule has 0 unspecified atom stereocenters. The average Bonchev–Trinajstić information content (AvgIpc) is 3.12. The van der Waals surface area contributed by atoms with E-state index in [9.17, 15) is 54.9 Å². The molecule has 3 fully saturated rings. The number of carbonyl (C=O) groups is 4. The molecule has 2 aliphatic heterocycles. The Bertz CT molecular complexity index is 1530. The van der Waals surface area contributed by atoms with Crippen LogP contribution in [0.25, 0.3) is 0 Å². The van der Waals surface area contributed by atoms with E-state index in [1.54, 1.807) is 71.9 Å². The highest BCUT2D eigenvalue weighted by Gasteiger charge is 2.55. The molecule has 1 aliphatic carbocycles. The summed E-state index contributed by atoms with van der Waals surface area (Å²) in [6.07, 6.45) is -20.1. The molecule has 19 nitrogen and oxygen atoms in total. The maximum atomic E-state index is 13.9. The number of ether oxygens (including phenoxy) is 7. The minimum atomic E-state index is -1.93. The molecule has 58 heavy (non-hydrogen) atoms. The maximum Gasteiger partial charge on any atom is 0.333 e. The van der Waals surface area contributed by atoms with Gasteiger partial charge in [-0.2, -0.15) is 0 Å². The van der Waals surface area contributed by atoms with E-state index < -0.39 is 140 Å². The monoisotopic (exact) mass is 829 g/mol. The summed E-state index contributed by atoms with van der Waals surface area (Å²) < 4.78 is 41.6. The molecule has 2 saturated heterocycles. The molecule has 1 aromatic rings. The molecule has 0 bridgehead atoms. The van der Waals surface area contributed by atoms with Crippen LogP contribution < -0.4 is 5.32 Å². The van der Waals surface area contributed by atoms with Gasteiger partial charge in [-0.25, -0.2) is 4.79 Å². The van der Waals surface area contributed by atoms with E-state index in [1.807, 2.05) is 0 Å². The first-order valence-corrected chi connectivity index (χ1v) is 19.2. The average molecular weight is 830 g/mol. The maximum absolute atomic E-state index is 13.9. The van der Waals surface area contributed by atoms with Gasteiger partial charge in [0.25, 0.3) is 0 Å². The number of aliphatic hydroxyl groups is 6. The van der Waals surface area contributed by atoms with E-state index in [-0.39, 0.29) is 19.3 Å². The van der Waals surface area contributed by atoms with Crippen LogP contribution in [0.3, 0.4) is 0 Å². The molecule has 4 rings (SSSR count). The molecule has 8 N–H and O–H groups in total. The molecule has 19 heteroatoms. The summed E-state index contributed by atoms with van der Waals surface area (Å²) in [6.45, 7) is 9.35. The Kier molecular flexibility index (Phi) is 16.2. The summed E-state index contributed by atoms with van der Waals surface area (Å²) in [5.41, 5.74) is -1.35. The van der Waals surface area contributed by atoms with Crippen molar-refractivity contribution >= 4 is 23.8 Å². The molecule has 1 amide bonds. The lowest BCUT2D eigenvalue weighted by Crippen LogP contribution is -2.68. The normalized spacial score (nSPS) is 35.1. The number of carboxylic acids is 1. The summed E-state index contributed by atoms with van der Waals surface area (Å²) >= 11 is 0. The predicted octanol–water partition coefficient (Wildman–Crippen LogP) is -1.07. The van der Waals surface area contributed by atoms with Crippen molar-refractivity contribution in [1.29, 1.82) is 0 Å². The Balaban J connectivity index is 1.77. The van der Waals surface area contributed by atoms with E-state index in [4.69, 9.17) is 33.2 Å². The Morgan fingerprint density at radius 3 is 1.76 bits per heavy atom. The summed E-state index contributed by atoms with van der Waals surface area (Å²) in [5.74, 6) is -6.04. The van der Waals surface area contributed by atoms with Gasteiger partial charge in [0, 0.05) is 13.3 Å². The third-order valence-electron chi connectivity index (χ3n) is 9.84. The van der Waals surface area contributed by atoms with Gasteiger partial charge in [0.2, 0.25) is 5.91 Å². The van der Waals surface area contributed by atoms with Crippen LogP contribution in [0.2, 0.25) is 0 Å². The zero-order chi connectivity index (χ0) is 43.3. The Morgan fingerprint density at radius 2 is 1.26 bits per heavy atom. The van der Waals surface area contributed by atoms with Gasteiger partial charge >= 0.3 is 17.9 Å². The van der Waals surface area contributed by atoms with Crippen LogP contribution >= 0.6 is 0 Å². The van der Waals surface area contributed by atoms with Crippen LogP contribution in [0.5, 0.6) is 0 Å². The molecular weight excluding hydrogens is 770 g/mol. The van der Waals surface area contributed by atoms with E-state index in [0.717, 1.165) is 6.92 Å². The Morgan fingerprint density at radius 1 is 0.741 bits per heavy atom. The van der Waals surface area contributed by atoms with Crippen molar-refractivity contribution in [2.24, 2.45) is 11.8 Å². The number of nitrogens with one attached hydrogen (secondary N) is 1. The molecule has 0 spiro atoms. The van der Waals surface area contributed by atoms with Gasteiger partial charge in [0.05, 0.1) is 37.3 Å². The second kappa shape index (κ2) is 19.8. The predicted molar refractivity (Wildman–Crippen MR) is 197 cm³/mol. The fraction of sp³-hybridized carbons (Fsp3) is 0.744. The summed E-state index contributed by atoms with van der Waals surface area (Å²) in [6, 6.07) is 7.12. The number of rotatable bonds is 14. The van der Waals surface area contributed by atoms with Crippen LogP contribution in [-0.4, -0.2) is 164 Å². The van der Waals surface area contributed by atoms with Crippen molar-refractivity contribution in [1.82, 2.24) is 5.32 Å². The molecule has 0 aromatic heterocycles. The molecule has 15 atom stereocenters. The van der Waals surface area contributed by atoms with Gasteiger partial charge in [-0.05, 0) is 59.9 Å². The van der Waals surface area contributed by atoms with Gasteiger partial charge < -0.3 is 74.2 Å². The number of benzene rings is 1. The molecule has 1 saturated carbocycles. The standard InChI is InChI=1S/C39H59NO18/c1-18(43)40-27-32(56-37-31(47)30(46)28(44)25(16-41)55-37)29(45)26(17-42)54-36(27)53-23-15-21(35(51)58-39(5,6)7)20(34(50)57-38(2,3)4)14-22(23)52-24(33(48)49)13-19-11-9-8-10-12-19/h8-12,20-32,36-37,41-42,44-47H,13-17H2,1-7H3,(H,40,43)(H,48,49)/t20-,21+,22-,23+,24-,25-,26-,27-,28+,29+,30+,31-,32-,36-,37+/m1/s1. The van der Waals surface area contributed by atoms with E-state index >= 15 is 0 Å². The van der Waals surface area contributed by atoms with Gasteiger partial charge in [0.1, 0.15) is 60.0 Å². The number of aliphatic carboxylic acids is 1. The lowest BCUT2D eigenvalue weighted by atomic mass is 9.75. The SMILES string of the molecule is CC(=O)N[C@H]1[C@H](O[C@H]2C[C@H](C(=O)OC(C)(C)C)[C@H](C(=O)OC(C)(C)C)C[C@H]2O[C@H](Cc2ccccc2)C(=O)O)O[C@H](CO)[C@H](O)[C@@H]1O[C@@H]1O[C@H](CO)[C@H](O)[C@H](O)[C@H]1O. The van der Waals surface area contributed by atoms with Crippen LogP contribution in [0.15, 0.2) is 30.3 Å². The fourth-order valence-electron chi connectivity index (χ4n) is 7.17. The van der Waals surface area contributed by atoms with E-state index in [2.05, 4.69) is 5.32 Å². The van der Waals surface area contributed by atoms with Gasteiger partial charge in [-0.15, -0.1) is 0 Å². The van der Waals surface area contributed by atoms with Crippen molar-refractivity contribution in [2.45, 2.75) is 159 Å². The molecular formula is C39H59NO18. The third-order valence-corrected chi connectivity index (χ3v) is 9.84. The summed E-state index contributed by atoms with van der Waals surface area (Å²) in [7, 11) is 0. The number of hydrogen-bond donors (Lipinski definition) is 8. The topological polar surface area (TPSA) is 287 Å². The zero-order valence-electron chi connectivity index (χ0n) is 33.7. The lowest BCUT2D eigenvalue weighted by molar-refractivity contribution is -0.350. The fourth-order valence-corrected chi connectivity index (χ4v) is 7.17. The first-order chi connectivity index (χ1) is 27.0. The van der Waals surface area contributed by atoms with Crippen LogP contribution in [0.4, 0.5) is 0 Å². The smallest absolute Gasteiger partial charge is 0.333 e. The molecule has 328 valence electrons. The quantitative estimate of drug-likeness (QED) is 0.104. The second-order valence-electron chi connectivity index (χ2n) is 16.9. The number of carbonyl (C=O) groups excluding carboxylic acids is 3. The van der Waals surface area contributed by atoms with Crippen LogP contribution in [0, 0.1) is 11.8 Å². The van der Waals surface area contributed by atoms with Gasteiger partial charge in [0.15, 0.2) is 18.7 Å². The molecule has 0 radical (unpaired) electrons. The van der Waals surface area contributed by atoms with Gasteiger partial charge in [-0.3, -0.25) is 14.4 Å². The molecule has 2 heterocycles. The van der Waals surface area contributed by atoms with Crippen molar-refractivity contribution in [3.63, 3.8) is 0 Å². The largest absolute Gasteiger partial charge is 0.479 e. The third kappa shape index (κ3) is 12.4. The zero-order valence-corrected chi connectivity index (χ0v) is 33.7. The highest BCUT2D eigenvalue weighted by atomic mass is 16.7. The number of hydrogen-bond acceptors (Lipinski definition) is 17.